The molecule has 1 aromatic rings. The number of ether oxygens (including phenoxy) is 1. The fraction of sp³-hybridized carbons (Fsp3) is 0.571. The van der Waals surface area contributed by atoms with E-state index in [1.54, 1.807) is 0 Å². The van der Waals surface area contributed by atoms with Crippen LogP contribution in [0.25, 0.3) is 0 Å². The van der Waals surface area contributed by atoms with E-state index in [4.69, 9.17) is 21.4 Å². The Morgan fingerprint density at radius 1 is 1.31 bits per heavy atom. The van der Waals surface area contributed by atoms with Crippen LogP contribution in [0.2, 0.25) is 0 Å². The molecule has 0 spiro atoms. The number of halogens is 1. The molecule has 1 aromatic carbocycles. The Morgan fingerprint density at radius 3 is 2.81 bits per heavy atom. The SMILES string of the molecule is Cc1cccc(OC[C@@H]2[C@@H](C/C=C\CCCC(=O)O)[C@@H](Cl)C[C@H]2O)c1C. The summed E-state index contributed by atoms with van der Waals surface area (Å²) in [5, 5.41) is 19.0. The van der Waals surface area contributed by atoms with E-state index in [0.29, 0.717) is 19.4 Å². The van der Waals surface area contributed by atoms with E-state index in [0.717, 1.165) is 24.2 Å². The smallest absolute Gasteiger partial charge is 0.303 e. The van der Waals surface area contributed by atoms with E-state index in [-0.39, 0.29) is 23.6 Å². The maximum absolute atomic E-state index is 10.5. The summed E-state index contributed by atoms with van der Waals surface area (Å²) in [6.07, 6.45) is 6.56. The number of benzene rings is 1. The second kappa shape index (κ2) is 9.98. The molecule has 4 nitrogen and oxygen atoms in total. The van der Waals surface area contributed by atoms with Gasteiger partial charge in [-0.3, -0.25) is 4.79 Å². The summed E-state index contributed by atoms with van der Waals surface area (Å²) in [7, 11) is 0. The van der Waals surface area contributed by atoms with Gasteiger partial charge in [0.25, 0.3) is 0 Å². The van der Waals surface area contributed by atoms with Gasteiger partial charge in [-0.25, -0.2) is 0 Å². The molecule has 1 aliphatic carbocycles. The molecule has 0 unspecified atom stereocenters. The van der Waals surface area contributed by atoms with Gasteiger partial charge in [-0.15, -0.1) is 11.6 Å². The fourth-order valence-corrected chi connectivity index (χ4v) is 3.97. The molecular formula is C21H29ClO4. The normalized spacial score (nSPS) is 25.7. The zero-order valence-corrected chi connectivity index (χ0v) is 16.3. The van der Waals surface area contributed by atoms with Crippen LogP contribution in [0.1, 0.15) is 43.2 Å². The Hall–Kier alpha value is -1.52. The number of carboxylic acid groups (broad SMARTS) is 1. The highest BCUT2D eigenvalue weighted by atomic mass is 35.5. The molecule has 2 rings (SSSR count). The first-order valence-corrected chi connectivity index (χ1v) is 9.71. The third-order valence-electron chi connectivity index (χ3n) is 5.30. The molecule has 1 saturated carbocycles. The van der Waals surface area contributed by atoms with Crippen molar-refractivity contribution in [3.63, 3.8) is 0 Å². The number of hydrogen-bond acceptors (Lipinski definition) is 3. The van der Waals surface area contributed by atoms with E-state index in [1.165, 1.54) is 5.56 Å². The van der Waals surface area contributed by atoms with Crippen LogP contribution in [0.15, 0.2) is 30.4 Å². The standard InChI is InChI=1S/C21H29ClO4/c1-14-8-7-10-20(15(14)2)26-13-17-16(18(22)12-19(17)23)9-5-3-4-6-11-21(24)25/h3,5,7-8,10,16-19,23H,4,6,9,11-13H2,1-2H3,(H,24,25)/b5-3-/t16-,17-,18+,19-/m1/s1. The molecule has 26 heavy (non-hydrogen) atoms. The summed E-state index contributed by atoms with van der Waals surface area (Å²) < 4.78 is 6.01. The average Bonchev–Trinajstić information content (AvgIpc) is 2.85. The number of allylic oxidation sites excluding steroid dienone is 2. The number of carbonyl (C=O) groups is 1. The number of carboxylic acids is 1. The van der Waals surface area contributed by atoms with Crippen LogP contribution in [0.5, 0.6) is 5.75 Å². The first kappa shape index (κ1) is 20.8. The van der Waals surface area contributed by atoms with Crippen molar-refractivity contribution >= 4 is 17.6 Å². The van der Waals surface area contributed by atoms with Crippen LogP contribution < -0.4 is 4.74 Å². The molecule has 0 aliphatic heterocycles. The number of aliphatic hydroxyl groups is 1. The van der Waals surface area contributed by atoms with Gasteiger partial charge in [-0.05, 0) is 62.6 Å². The van der Waals surface area contributed by atoms with E-state index in [1.807, 2.05) is 25.1 Å². The van der Waals surface area contributed by atoms with Crippen LogP contribution in [-0.4, -0.2) is 34.3 Å². The molecular weight excluding hydrogens is 352 g/mol. The molecule has 0 heterocycles. The molecule has 2 N–H and O–H groups in total. The Kier molecular flexibility index (Phi) is 7.98. The summed E-state index contributed by atoms with van der Waals surface area (Å²) in [6.45, 7) is 4.54. The molecule has 1 fully saturated rings. The summed E-state index contributed by atoms with van der Waals surface area (Å²) in [5.74, 6) is 0.258. The molecule has 0 aromatic heterocycles. The Balaban J connectivity index is 1.89. The van der Waals surface area contributed by atoms with E-state index in [2.05, 4.69) is 19.1 Å². The van der Waals surface area contributed by atoms with E-state index < -0.39 is 12.1 Å². The Morgan fingerprint density at radius 2 is 2.08 bits per heavy atom. The zero-order chi connectivity index (χ0) is 19.1. The predicted octanol–water partition coefficient (Wildman–Crippen LogP) is 4.49. The summed E-state index contributed by atoms with van der Waals surface area (Å²) >= 11 is 6.46. The monoisotopic (exact) mass is 380 g/mol. The zero-order valence-electron chi connectivity index (χ0n) is 15.5. The Labute approximate surface area is 160 Å². The molecule has 0 bridgehead atoms. The number of hydrogen-bond donors (Lipinski definition) is 2. The molecule has 5 heteroatoms. The number of aliphatic hydroxyl groups excluding tert-OH is 1. The van der Waals surface area contributed by atoms with E-state index >= 15 is 0 Å². The Bertz CT molecular complexity index is 628. The third-order valence-corrected chi connectivity index (χ3v) is 5.80. The summed E-state index contributed by atoms with van der Waals surface area (Å²) in [6, 6.07) is 5.99. The quantitative estimate of drug-likeness (QED) is 0.376. The van der Waals surface area contributed by atoms with Crippen molar-refractivity contribution in [1.82, 2.24) is 0 Å². The summed E-state index contributed by atoms with van der Waals surface area (Å²) in [4.78, 5) is 10.5. The minimum absolute atomic E-state index is 0.00100. The van der Waals surface area contributed by atoms with Crippen LogP contribution in [0.4, 0.5) is 0 Å². The maximum Gasteiger partial charge on any atom is 0.303 e. The van der Waals surface area contributed by atoms with Crippen molar-refractivity contribution in [2.75, 3.05) is 6.61 Å². The van der Waals surface area contributed by atoms with Crippen molar-refractivity contribution in [2.24, 2.45) is 11.8 Å². The number of rotatable bonds is 9. The highest BCUT2D eigenvalue weighted by Gasteiger charge is 2.41. The first-order valence-electron chi connectivity index (χ1n) is 9.28. The topological polar surface area (TPSA) is 66.8 Å². The number of unbranched alkanes of at least 4 members (excludes halogenated alkanes) is 1. The van der Waals surface area contributed by atoms with Gasteiger partial charge in [0, 0.05) is 17.7 Å². The van der Waals surface area contributed by atoms with Gasteiger partial charge in [0.1, 0.15) is 5.75 Å². The van der Waals surface area contributed by atoms with Gasteiger partial charge in [-0.2, -0.15) is 0 Å². The van der Waals surface area contributed by atoms with Gasteiger partial charge in [0.15, 0.2) is 0 Å². The van der Waals surface area contributed by atoms with Gasteiger partial charge in [-0.1, -0.05) is 24.3 Å². The molecule has 0 amide bonds. The lowest BCUT2D eigenvalue weighted by atomic mass is 9.92. The second-order valence-electron chi connectivity index (χ2n) is 7.15. The van der Waals surface area contributed by atoms with Crippen molar-refractivity contribution in [2.45, 2.75) is 57.4 Å². The number of aryl methyl sites for hydroxylation is 1. The van der Waals surface area contributed by atoms with Crippen molar-refractivity contribution in [1.29, 1.82) is 0 Å². The number of alkyl halides is 1. The predicted molar refractivity (Wildman–Crippen MR) is 104 cm³/mol. The average molecular weight is 381 g/mol. The lowest BCUT2D eigenvalue weighted by molar-refractivity contribution is -0.137. The van der Waals surface area contributed by atoms with Gasteiger partial charge in [0.05, 0.1) is 12.7 Å². The first-order chi connectivity index (χ1) is 12.4. The minimum atomic E-state index is -0.762. The second-order valence-corrected chi connectivity index (χ2v) is 7.71. The van der Waals surface area contributed by atoms with Crippen molar-refractivity contribution in [3.05, 3.63) is 41.5 Å². The van der Waals surface area contributed by atoms with Gasteiger partial charge >= 0.3 is 5.97 Å². The van der Waals surface area contributed by atoms with Crippen LogP contribution >= 0.6 is 11.6 Å². The molecule has 144 valence electrons. The van der Waals surface area contributed by atoms with Gasteiger partial charge < -0.3 is 14.9 Å². The fourth-order valence-electron chi connectivity index (χ4n) is 3.50. The number of aliphatic carboxylic acids is 1. The van der Waals surface area contributed by atoms with Gasteiger partial charge in [0.2, 0.25) is 0 Å². The third kappa shape index (κ3) is 5.75. The van der Waals surface area contributed by atoms with E-state index in [9.17, 15) is 9.90 Å². The van der Waals surface area contributed by atoms with Crippen LogP contribution in [0, 0.1) is 25.7 Å². The van der Waals surface area contributed by atoms with Crippen LogP contribution in [-0.2, 0) is 4.79 Å². The lowest BCUT2D eigenvalue weighted by Crippen LogP contribution is -2.27. The largest absolute Gasteiger partial charge is 0.493 e. The molecule has 0 radical (unpaired) electrons. The molecule has 0 saturated heterocycles. The molecule has 4 atom stereocenters. The van der Waals surface area contributed by atoms with Crippen LogP contribution in [0.3, 0.4) is 0 Å². The van der Waals surface area contributed by atoms with Crippen molar-refractivity contribution < 1.29 is 19.7 Å². The lowest BCUT2D eigenvalue weighted by Gasteiger charge is -2.23. The van der Waals surface area contributed by atoms with Crippen molar-refractivity contribution in [3.8, 4) is 5.75 Å². The maximum atomic E-state index is 10.5. The minimum Gasteiger partial charge on any atom is -0.493 e. The highest BCUT2D eigenvalue weighted by molar-refractivity contribution is 6.21. The summed E-state index contributed by atoms with van der Waals surface area (Å²) in [5.41, 5.74) is 2.31. The molecule has 1 aliphatic rings. The highest BCUT2D eigenvalue weighted by Crippen LogP contribution is 2.39.